The van der Waals surface area contributed by atoms with E-state index in [0.29, 0.717) is 22.1 Å². The van der Waals surface area contributed by atoms with Gasteiger partial charge in [-0.05, 0) is 54.1 Å². The third-order valence-corrected chi connectivity index (χ3v) is 5.48. The minimum absolute atomic E-state index is 0.0975. The van der Waals surface area contributed by atoms with Gasteiger partial charge in [-0.15, -0.1) is 0 Å². The Morgan fingerprint density at radius 1 is 0.914 bits per heavy atom. The Labute approximate surface area is 207 Å². The van der Waals surface area contributed by atoms with Crippen molar-refractivity contribution in [3.8, 4) is 11.5 Å². The maximum atomic E-state index is 12.4. The summed E-state index contributed by atoms with van der Waals surface area (Å²) in [7, 11) is 3.16. The summed E-state index contributed by atoms with van der Waals surface area (Å²) in [4.78, 5) is 28.9. The van der Waals surface area contributed by atoms with Gasteiger partial charge in [0.15, 0.2) is 11.5 Å². The number of hydrogen-bond acceptors (Lipinski definition) is 6. The van der Waals surface area contributed by atoms with Gasteiger partial charge in [0.25, 0.3) is 5.91 Å². The number of benzene rings is 3. The number of ether oxygens (including phenoxy) is 2. The number of anilines is 2. The lowest BCUT2D eigenvalue weighted by Crippen LogP contribution is -2.42. The zero-order valence-corrected chi connectivity index (χ0v) is 19.8. The molecule has 1 aromatic heterocycles. The first-order valence-electron chi connectivity index (χ1n) is 10.7. The van der Waals surface area contributed by atoms with Crippen molar-refractivity contribution in [2.75, 3.05) is 19.5 Å². The van der Waals surface area contributed by atoms with Crippen LogP contribution in [0.5, 0.6) is 11.5 Å². The Morgan fingerprint density at radius 3 is 2.37 bits per heavy atom. The van der Waals surface area contributed by atoms with E-state index in [4.69, 9.17) is 21.1 Å². The van der Waals surface area contributed by atoms with Crippen LogP contribution in [-0.2, 0) is 11.2 Å². The molecular formula is C26H23ClN4O4. The zero-order valence-electron chi connectivity index (χ0n) is 19.1. The van der Waals surface area contributed by atoms with Gasteiger partial charge in [-0.2, -0.15) is 0 Å². The monoisotopic (exact) mass is 490 g/mol. The number of carbonyl (C=O) groups excluding carboxylic acids is 2. The topological polar surface area (TPSA) is 102 Å². The van der Waals surface area contributed by atoms with Crippen LogP contribution in [0.25, 0.3) is 10.9 Å². The number of rotatable bonds is 7. The molecule has 1 heterocycles. The van der Waals surface area contributed by atoms with Crippen molar-refractivity contribution in [2.24, 2.45) is 0 Å². The van der Waals surface area contributed by atoms with Gasteiger partial charge in [0, 0.05) is 39.6 Å². The van der Waals surface area contributed by atoms with E-state index in [2.05, 4.69) is 21.2 Å². The van der Waals surface area contributed by atoms with Gasteiger partial charge >= 0.3 is 0 Å². The maximum absolute atomic E-state index is 12.4. The molecule has 178 valence electrons. The van der Waals surface area contributed by atoms with Crippen molar-refractivity contribution in [2.45, 2.75) is 6.42 Å². The van der Waals surface area contributed by atoms with Gasteiger partial charge in [0.05, 0.1) is 26.2 Å². The number of nitrogens with zero attached hydrogens (tertiary/aromatic N) is 1. The number of nitrogens with one attached hydrogen (secondary N) is 3. The van der Waals surface area contributed by atoms with Gasteiger partial charge in [-0.25, -0.2) is 0 Å². The van der Waals surface area contributed by atoms with Crippen molar-refractivity contribution < 1.29 is 19.1 Å². The van der Waals surface area contributed by atoms with E-state index in [9.17, 15) is 9.59 Å². The molecule has 0 saturated carbocycles. The molecular weight excluding hydrogens is 468 g/mol. The van der Waals surface area contributed by atoms with E-state index >= 15 is 0 Å². The highest BCUT2D eigenvalue weighted by Gasteiger charge is 2.11. The molecule has 0 saturated heterocycles. The molecule has 0 aliphatic rings. The molecule has 0 radical (unpaired) electrons. The van der Waals surface area contributed by atoms with E-state index in [1.165, 1.54) is 0 Å². The first kappa shape index (κ1) is 23.8. The zero-order chi connectivity index (χ0) is 24.8. The largest absolute Gasteiger partial charge is 0.493 e. The van der Waals surface area contributed by atoms with E-state index < -0.39 is 5.91 Å². The number of fused-ring (bicyclic) bond motifs is 1. The number of hydrogen-bond donors (Lipinski definition) is 3. The fraction of sp³-hybridized carbons (Fsp3) is 0.115. The second-order valence-corrected chi connectivity index (χ2v) is 8.03. The summed E-state index contributed by atoms with van der Waals surface area (Å²) in [5, 5.41) is 4.74. The molecule has 0 bridgehead atoms. The molecule has 3 aromatic carbocycles. The van der Waals surface area contributed by atoms with Crippen LogP contribution in [0, 0.1) is 0 Å². The van der Waals surface area contributed by atoms with Gasteiger partial charge in [-0.3, -0.25) is 25.4 Å². The van der Waals surface area contributed by atoms with Crippen molar-refractivity contribution >= 4 is 45.7 Å². The Bertz CT molecular complexity index is 1380. The van der Waals surface area contributed by atoms with Crippen molar-refractivity contribution in [1.82, 2.24) is 15.8 Å². The fourth-order valence-electron chi connectivity index (χ4n) is 3.52. The van der Waals surface area contributed by atoms with Crippen LogP contribution in [0.4, 0.5) is 11.4 Å². The normalized spacial score (nSPS) is 10.5. The van der Waals surface area contributed by atoms with Crippen LogP contribution >= 0.6 is 11.6 Å². The van der Waals surface area contributed by atoms with Crippen LogP contribution in [0.15, 0.2) is 72.9 Å². The lowest BCUT2D eigenvalue weighted by Gasteiger charge is -2.13. The summed E-state index contributed by atoms with van der Waals surface area (Å²) in [6.45, 7) is 0. The average Bonchev–Trinajstić information content (AvgIpc) is 2.87. The standard InChI is InChI=1S/C26H23ClN4O4/c1-34-23-14-20-21(10-11-28-22(20)15-24(23)35-2)29-19-8-6-17(7-9-19)26(33)31-30-25(32)13-16-4-3-5-18(27)12-16/h3-12,14-15H,13H2,1-2H3,(H,28,29)(H,30,32)(H,31,33). The molecule has 0 atom stereocenters. The van der Waals surface area contributed by atoms with Crippen LogP contribution < -0.4 is 25.6 Å². The molecule has 4 rings (SSSR count). The maximum Gasteiger partial charge on any atom is 0.269 e. The molecule has 4 aromatic rings. The quantitative estimate of drug-likeness (QED) is 0.326. The molecule has 0 unspecified atom stereocenters. The highest BCUT2D eigenvalue weighted by atomic mass is 35.5. The number of hydrazine groups is 1. The third-order valence-electron chi connectivity index (χ3n) is 5.24. The van der Waals surface area contributed by atoms with Gasteiger partial charge in [0.1, 0.15) is 0 Å². The molecule has 0 fully saturated rings. The van der Waals surface area contributed by atoms with E-state index in [1.54, 1.807) is 68.9 Å². The summed E-state index contributed by atoms with van der Waals surface area (Å²) in [6, 6.07) is 19.4. The average molecular weight is 491 g/mol. The van der Waals surface area contributed by atoms with E-state index in [-0.39, 0.29) is 12.3 Å². The SMILES string of the molecule is COc1cc2nccc(Nc3ccc(C(=O)NNC(=O)Cc4cccc(Cl)c4)cc3)c2cc1OC. The number of amides is 2. The van der Waals surface area contributed by atoms with Crippen LogP contribution in [0.3, 0.4) is 0 Å². The molecule has 35 heavy (non-hydrogen) atoms. The Balaban J connectivity index is 1.40. The molecule has 9 heteroatoms. The van der Waals surface area contributed by atoms with Crippen molar-refractivity contribution in [1.29, 1.82) is 0 Å². The van der Waals surface area contributed by atoms with Gasteiger partial charge in [-0.1, -0.05) is 23.7 Å². The number of pyridine rings is 1. The fourth-order valence-corrected chi connectivity index (χ4v) is 3.73. The summed E-state index contributed by atoms with van der Waals surface area (Å²) in [5.74, 6) is 0.415. The number of carbonyl (C=O) groups is 2. The number of halogens is 1. The third kappa shape index (κ3) is 5.80. The van der Waals surface area contributed by atoms with Crippen molar-refractivity contribution in [3.63, 3.8) is 0 Å². The Morgan fingerprint density at radius 2 is 1.66 bits per heavy atom. The Hall–Kier alpha value is -4.30. The van der Waals surface area contributed by atoms with Gasteiger partial charge in [0.2, 0.25) is 5.91 Å². The highest BCUT2D eigenvalue weighted by molar-refractivity contribution is 6.30. The first-order chi connectivity index (χ1) is 17.0. The van der Waals surface area contributed by atoms with Crippen LogP contribution in [0.2, 0.25) is 5.02 Å². The smallest absolute Gasteiger partial charge is 0.269 e. The predicted molar refractivity (Wildman–Crippen MR) is 135 cm³/mol. The lowest BCUT2D eigenvalue weighted by atomic mass is 10.1. The molecule has 0 spiro atoms. The van der Waals surface area contributed by atoms with Crippen LogP contribution in [0.1, 0.15) is 15.9 Å². The molecule has 0 aliphatic carbocycles. The summed E-state index contributed by atoms with van der Waals surface area (Å²) >= 11 is 5.93. The number of aromatic nitrogens is 1. The van der Waals surface area contributed by atoms with Gasteiger partial charge < -0.3 is 14.8 Å². The molecule has 0 aliphatic heterocycles. The summed E-state index contributed by atoms with van der Waals surface area (Å²) in [5.41, 5.74) is 8.32. The summed E-state index contributed by atoms with van der Waals surface area (Å²) < 4.78 is 10.8. The summed E-state index contributed by atoms with van der Waals surface area (Å²) in [6.07, 6.45) is 1.80. The van der Waals surface area contributed by atoms with Crippen molar-refractivity contribution in [3.05, 3.63) is 89.1 Å². The Kier molecular flexibility index (Phi) is 7.32. The van der Waals surface area contributed by atoms with Crippen LogP contribution in [-0.4, -0.2) is 31.0 Å². The minimum Gasteiger partial charge on any atom is -0.493 e. The minimum atomic E-state index is -0.429. The highest BCUT2D eigenvalue weighted by Crippen LogP contribution is 2.35. The second-order valence-electron chi connectivity index (χ2n) is 7.59. The molecule has 3 N–H and O–H groups in total. The lowest BCUT2D eigenvalue weighted by molar-refractivity contribution is -0.121. The first-order valence-corrected chi connectivity index (χ1v) is 11.1. The van der Waals surface area contributed by atoms with E-state index in [1.807, 2.05) is 18.2 Å². The van der Waals surface area contributed by atoms with E-state index in [0.717, 1.165) is 27.8 Å². The molecule has 8 nitrogen and oxygen atoms in total. The predicted octanol–water partition coefficient (Wildman–Crippen LogP) is 4.65. The number of methoxy groups -OCH3 is 2. The second kappa shape index (κ2) is 10.8. The molecule has 2 amide bonds.